The molecule has 3 N–H and O–H groups in total. The maximum absolute atomic E-state index is 13.5. The molecule has 0 bridgehead atoms. The molecule has 200 valence electrons. The van der Waals surface area contributed by atoms with Crippen molar-refractivity contribution in [2.75, 3.05) is 0 Å². The lowest BCUT2D eigenvalue weighted by Gasteiger charge is -2.60. The molecule has 10 heteroatoms. The highest BCUT2D eigenvalue weighted by molar-refractivity contribution is 5.87. The van der Waals surface area contributed by atoms with Crippen molar-refractivity contribution in [3.63, 3.8) is 0 Å². The molecule has 0 amide bonds. The average Bonchev–Trinajstić information content (AvgIpc) is 3.25. The Hall–Kier alpha value is -2.56. The van der Waals surface area contributed by atoms with Gasteiger partial charge >= 0.3 is 11.9 Å². The van der Waals surface area contributed by atoms with Crippen molar-refractivity contribution < 1.29 is 33.9 Å². The summed E-state index contributed by atoms with van der Waals surface area (Å²) in [5.74, 6) is -3.68. The van der Waals surface area contributed by atoms with E-state index >= 15 is 0 Å². The number of nitrogens with one attached hydrogen (secondary N) is 1. The normalized spacial score (nSPS) is 29.1. The maximum Gasteiger partial charge on any atom is 0.312 e. The number of ether oxygens (including phenoxy) is 2. The van der Waals surface area contributed by atoms with E-state index in [1.54, 1.807) is 32.0 Å². The van der Waals surface area contributed by atoms with Gasteiger partial charge in [-0.05, 0) is 68.9 Å². The molecule has 10 nitrogen and oxygen atoms in total. The average molecular weight is 506 g/mol. The van der Waals surface area contributed by atoms with Crippen molar-refractivity contribution in [2.24, 2.45) is 16.7 Å². The molecule has 36 heavy (non-hydrogen) atoms. The summed E-state index contributed by atoms with van der Waals surface area (Å²) in [5, 5.41) is 33.2. The first-order chi connectivity index (χ1) is 16.8. The third kappa shape index (κ3) is 4.29. The fourth-order valence-corrected chi connectivity index (χ4v) is 6.27. The van der Waals surface area contributed by atoms with Crippen LogP contribution in [0, 0.1) is 16.7 Å². The molecule has 2 heterocycles. The van der Waals surface area contributed by atoms with E-state index in [-0.39, 0.29) is 18.6 Å². The summed E-state index contributed by atoms with van der Waals surface area (Å²) in [5.41, 5.74) is -1.90. The molecule has 1 aliphatic rings. The van der Waals surface area contributed by atoms with Crippen LogP contribution >= 0.6 is 0 Å². The van der Waals surface area contributed by atoms with Crippen LogP contribution in [-0.2, 0) is 19.1 Å². The van der Waals surface area contributed by atoms with E-state index in [1.807, 2.05) is 41.5 Å². The molecule has 5 atom stereocenters. The summed E-state index contributed by atoms with van der Waals surface area (Å²) in [6.07, 6.45) is -1.35. The van der Waals surface area contributed by atoms with Crippen molar-refractivity contribution in [3.8, 4) is 0 Å². The Bertz CT molecular complexity index is 1070. The minimum absolute atomic E-state index is 0.111. The Morgan fingerprint density at radius 3 is 2.14 bits per heavy atom. The smallest absolute Gasteiger partial charge is 0.312 e. The fraction of sp³-hybridized carbons (Fsp3) is 0.692. The zero-order chi connectivity index (χ0) is 27.0. The summed E-state index contributed by atoms with van der Waals surface area (Å²) in [6.45, 7) is 14.6. The molecule has 1 saturated heterocycles. The van der Waals surface area contributed by atoms with E-state index in [2.05, 4.69) is 15.6 Å². The van der Waals surface area contributed by atoms with Crippen molar-refractivity contribution in [1.29, 1.82) is 0 Å². The number of piperidine rings is 1. The predicted octanol–water partition coefficient (Wildman–Crippen LogP) is 4.05. The van der Waals surface area contributed by atoms with Crippen LogP contribution in [0.1, 0.15) is 73.3 Å². The van der Waals surface area contributed by atoms with Gasteiger partial charge in [-0.3, -0.25) is 9.59 Å². The lowest BCUT2D eigenvalue weighted by Crippen LogP contribution is -2.74. The lowest BCUT2D eigenvalue weighted by atomic mass is 9.47. The monoisotopic (exact) mass is 505 g/mol. The van der Waals surface area contributed by atoms with Gasteiger partial charge < -0.3 is 25.0 Å². The highest BCUT2D eigenvalue weighted by Gasteiger charge is 2.70. The molecule has 0 radical (unpaired) electrons. The molecule has 3 rings (SSSR count). The SMILES string of the molecule is CCC1(C(=O)O)C(C(OC(C)C)OC(C)C)NC(C)C(C(=O)O)(C(C)C)C1c1cccc2nonc12. The zero-order valence-corrected chi connectivity index (χ0v) is 22.3. The Balaban J connectivity index is 2.45. The topological polar surface area (TPSA) is 144 Å². The van der Waals surface area contributed by atoms with Gasteiger partial charge in [-0.2, -0.15) is 0 Å². The van der Waals surface area contributed by atoms with Crippen LogP contribution in [0.5, 0.6) is 0 Å². The van der Waals surface area contributed by atoms with E-state index in [0.29, 0.717) is 16.6 Å². The van der Waals surface area contributed by atoms with Crippen LogP contribution < -0.4 is 5.32 Å². The quantitative estimate of drug-likeness (QED) is 0.404. The second kappa shape index (κ2) is 10.4. The van der Waals surface area contributed by atoms with Gasteiger partial charge in [0.1, 0.15) is 11.0 Å². The van der Waals surface area contributed by atoms with Crippen molar-refractivity contribution in [3.05, 3.63) is 23.8 Å². The molecule has 0 aliphatic carbocycles. The molecule has 1 fully saturated rings. The summed E-state index contributed by atoms with van der Waals surface area (Å²) in [4.78, 5) is 26.8. The zero-order valence-electron chi connectivity index (χ0n) is 22.3. The number of nitrogens with zero attached hydrogens (tertiary/aromatic N) is 2. The van der Waals surface area contributed by atoms with Gasteiger partial charge in [-0.15, -0.1) is 0 Å². The largest absolute Gasteiger partial charge is 0.481 e. The van der Waals surface area contributed by atoms with Crippen molar-refractivity contribution in [1.82, 2.24) is 15.6 Å². The Morgan fingerprint density at radius 2 is 1.67 bits per heavy atom. The van der Waals surface area contributed by atoms with Gasteiger partial charge in [0.05, 0.1) is 29.1 Å². The third-order valence-corrected chi connectivity index (χ3v) is 7.72. The van der Waals surface area contributed by atoms with Crippen LogP contribution in [0.25, 0.3) is 11.0 Å². The predicted molar refractivity (Wildman–Crippen MR) is 132 cm³/mol. The van der Waals surface area contributed by atoms with Gasteiger partial charge in [0, 0.05) is 12.0 Å². The van der Waals surface area contributed by atoms with Crippen LogP contribution in [0.4, 0.5) is 0 Å². The van der Waals surface area contributed by atoms with Crippen LogP contribution in [0.3, 0.4) is 0 Å². The Labute approximate surface area is 211 Å². The van der Waals surface area contributed by atoms with E-state index in [4.69, 9.17) is 14.1 Å². The number of carbonyl (C=O) groups is 2. The van der Waals surface area contributed by atoms with Crippen LogP contribution in [0.15, 0.2) is 22.8 Å². The number of aromatic nitrogens is 2. The standard InChI is InChI=1S/C26H39N3O7/c1-9-25(23(30)31)20(17-11-10-12-18-19(17)29-36-28-18)26(13(2)3,24(32)33)16(8)27-21(25)22(34-14(4)5)35-15(6)7/h10-16,20-22,27H,9H2,1-8H3,(H,30,31)(H,32,33). The first kappa shape index (κ1) is 28.0. The summed E-state index contributed by atoms with van der Waals surface area (Å²) < 4.78 is 17.3. The molecule has 1 aliphatic heterocycles. The molecular formula is C26H39N3O7. The van der Waals surface area contributed by atoms with Crippen LogP contribution in [-0.4, -0.2) is 63.0 Å². The van der Waals surface area contributed by atoms with Gasteiger partial charge in [0.25, 0.3) is 0 Å². The lowest BCUT2D eigenvalue weighted by molar-refractivity contribution is -0.237. The summed E-state index contributed by atoms with van der Waals surface area (Å²) in [7, 11) is 0. The van der Waals surface area contributed by atoms with Gasteiger partial charge in [0.15, 0.2) is 6.29 Å². The van der Waals surface area contributed by atoms with Gasteiger partial charge in [0.2, 0.25) is 0 Å². The second-order valence-corrected chi connectivity index (χ2v) is 10.6. The Kier molecular flexibility index (Phi) is 8.12. The van der Waals surface area contributed by atoms with Crippen molar-refractivity contribution >= 4 is 23.0 Å². The maximum atomic E-state index is 13.5. The Morgan fingerprint density at radius 1 is 1.06 bits per heavy atom. The fourth-order valence-electron chi connectivity index (χ4n) is 6.27. The highest BCUT2D eigenvalue weighted by Crippen LogP contribution is 2.61. The van der Waals surface area contributed by atoms with E-state index in [1.165, 1.54) is 0 Å². The number of carboxylic acids is 2. The number of benzene rings is 1. The van der Waals surface area contributed by atoms with E-state index in [0.717, 1.165) is 0 Å². The van der Waals surface area contributed by atoms with Gasteiger partial charge in [-0.1, -0.05) is 32.9 Å². The minimum Gasteiger partial charge on any atom is -0.481 e. The van der Waals surface area contributed by atoms with E-state index < -0.39 is 53.0 Å². The number of aliphatic carboxylic acids is 2. The molecule has 1 aromatic carbocycles. The van der Waals surface area contributed by atoms with E-state index in [9.17, 15) is 19.8 Å². The third-order valence-electron chi connectivity index (χ3n) is 7.72. The number of carboxylic acid groups (broad SMARTS) is 2. The molecule has 1 aromatic heterocycles. The van der Waals surface area contributed by atoms with Crippen molar-refractivity contribution in [2.45, 2.75) is 98.3 Å². The molecule has 2 aromatic rings. The van der Waals surface area contributed by atoms with Crippen LogP contribution in [0.2, 0.25) is 0 Å². The summed E-state index contributed by atoms with van der Waals surface area (Å²) >= 11 is 0. The number of hydrogen-bond acceptors (Lipinski definition) is 8. The summed E-state index contributed by atoms with van der Waals surface area (Å²) in [6, 6.07) is 3.66. The van der Waals surface area contributed by atoms with Gasteiger partial charge in [-0.25, -0.2) is 4.63 Å². The molecule has 0 saturated carbocycles. The molecular weight excluding hydrogens is 466 g/mol. The number of hydrogen-bond donors (Lipinski definition) is 3. The molecule has 5 unspecified atom stereocenters. The second-order valence-electron chi connectivity index (χ2n) is 10.6. The first-order valence-electron chi connectivity index (χ1n) is 12.6. The molecule has 0 spiro atoms. The highest BCUT2D eigenvalue weighted by atomic mass is 16.7. The number of rotatable bonds is 10. The minimum atomic E-state index is -1.64. The number of fused-ring (bicyclic) bond motifs is 1. The first-order valence-corrected chi connectivity index (χ1v) is 12.6.